The van der Waals surface area contributed by atoms with Gasteiger partial charge in [0.15, 0.2) is 5.69 Å². The van der Waals surface area contributed by atoms with Gasteiger partial charge in [-0.3, -0.25) is 4.68 Å². The van der Waals surface area contributed by atoms with Crippen LogP contribution in [0.4, 0.5) is 5.69 Å². The van der Waals surface area contributed by atoms with Gasteiger partial charge in [0.1, 0.15) is 0 Å². The van der Waals surface area contributed by atoms with Crippen molar-refractivity contribution in [3.8, 4) is 0 Å². The number of nitrogens with zero attached hydrogens (tertiary/aromatic N) is 2. The van der Waals surface area contributed by atoms with E-state index in [0.29, 0.717) is 18.0 Å². The Morgan fingerprint density at radius 1 is 1.73 bits per heavy atom. The summed E-state index contributed by atoms with van der Waals surface area (Å²) in [5.74, 6) is 0.384. The predicted octanol–water partition coefficient (Wildman–Crippen LogP) is 0.959. The van der Waals surface area contributed by atoms with E-state index in [1.807, 2.05) is 0 Å². The van der Waals surface area contributed by atoms with Crippen molar-refractivity contribution in [1.29, 1.82) is 0 Å². The molecule has 1 heterocycles. The van der Waals surface area contributed by atoms with E-state index in [-0.39, 0.29) is 5.97 Å². The van der Waals surface area contributed by atoms with E-state index in [1.165, 1.54) is 23.7 Å². The Bertz CT molecular complexity index is 349. The maximum Gasteiger partial charge on any atom is 0.358 e. The number of hydrogen-bond donors (Lipinski definition) is 1. The monoisotopic (exact) mass is 209 g/mol. The molecule has 0 bridgehead atoms. The van der Waals surface area contributed by atoms with Crippen LogP contribution in [0.25, 0.3) is 0 Å². The van der Waals surface area contributed by atoms with Gasteiger partial charge in [-0.25, -0.2) is 4.79 Å². The first kappa shape index (κ1) is 10.0. The van der Waals surface area contributed by atoms with Crippen molar-refractivity contribution in [1.82, 2.24) is 9.78 Å². The molecule has 2 rings (SSSR count). The Kier molecular flexibility index (Phi) is 2.62. The van der Waals surface area contributed by atoms with Gasteiger partial charge in [0, 0.05) is 7.05 Å². The smallest absolute Gasteiger partial charge is 0.358 e. The largest absolute Gasteiger partial charge is 0.461 e. The molecular formula is C10H15N3O2. The topological polar surface area (TPSA) is 70.1 Å². The fourth-order valence-corrected chi connectivity index (χ4v) is 1.50. The van der Waals surface area contributed by atoms with Gasteiger partial charge in [0.25, 0.3) is 0 Å². The van der Waals surface area contributed by atoms with Gasteiger partial charge in [-0.05, 0) is 12.3 Å². The highest BCUT2D eigenvalue weighted by molar-refractivity contribution is 5.92. The predicted molar refractivity (Wildman–Crippen MR) is 55.2 cm³/mol. The number of rotatable bonds is 4. The molecule has 0 saturated heterocycles. The van der Waals surface area contributed by atoms with Crippen LogP contribution in [0, 0.1) is 5.92 Å². The molecule has 1 fully saturated rings. The molecule has 1 aromatic rings. The number of anilines is 1. The van der Waals surface area contributed by atoms with Crippen molar-refractivity contribution in [2.45, 2.75) is 19.3 Å². The molecule has 0 aromatic carbocycles. The lowest BCUT2D eigenvalue weighted by Crippen LogP contribution is -2.13. The zero-order valence-electron chi connectivity index (χ0n) is 8.77. The molecule has 82 valence electrons. The van der Waals surface area contributed by atoms with Gasteiger partial charge in [0.05, 0.1) is 18.5 Å². The number of carbonyl (C=O) groups is 1. The molecule has 0 aliphatic heterocycles. The highest BCUT2D eigenvalue weighted by Crippen LogP contribution is 2.32. The van der Waals surface area contributed by atoms with E-state index in [0.717, 1.165) is 12.3 Å². The van der Waals surface area contributed by atoms with Crippen molar-refractivity contribution < 1.29 is 9.53 Å². The second-order valence-corrected chi connectivity index (χ2v) is 3.94. The molecule has 1 aromatic heterocycles. The van der Waals surface area contributed by atoms with Crippen LogP contribution in [-0.2, 0) is 11.8 Å². The highest BCUT2D eigenvalue weighted by atomic mass is 16.5. The first-order valence-electron chi connectivity index (χ1n) is 5.13. The molecule has 15 heavy (non-hydrogen) atoms. The fraction of sp³-hybridized carbons (Fsp3) is 0.600. The molecule has 5 heteroatoms. The number of carbonyl (C=O) groups excluding carboxylic acids is 1. The zero-order valence-corrected chi connectivity index (χ0v) is 8.77. The molecule has 2 N–H and O–H groups in total. The normalized spacial score (nSPS) is 15.3. The summed E-state index contributed by atoms with van der Waals surface area (Å²) in [6.07, 6.45) is 4.96. The minimum absolute atomic E-state index is 0.339. The summed E-state index contributed by atoms with van der Waals surface area (Å²) >= 11 is 0. The van der Waals surface area contributed by atoms with Crippen molar-refractivity contribution in [3.05, 3.63) is 11.9 Å². The quantitative estimate of drug-likeness (QED) is 0.750. The Labute approximate surface area is 88.2 Å². The fourth-order valence-electron chi connectivity index (χ4n) is 1.50. The Hall–Kier alpha value is -1.52. The average Bonchev–Trinajstić information content (AvgIpc) is 2.93. The standard InChI is InChI=1S/C10H15N3O2/c1-13-9(8(11)6-12-13)10(14)15-5-4-7-2-3-7/h6-7H,2-5,11H2,1H3. The number of esters is 1. The molecule has 0 amide bonds. The number of hydrogen-bond acceptors (Lipinski definition) is 4. The van der Waals surface area contributed by atoms with E-state index in [4.69, 9.17) is 10.5 Å². The van der Waals surface area contributed by atoms with Crippen molar-refractivity contribution in [2.24, 2.45) is 13.0 Å². The SMILES string of the molecule is Cn1ncc(N)c1C(=O)OCCC1CC1. The van der Waals surface area contributed by atoms with Gasteiger partial charge in [-0.1, -0.05) is 12.8 Å². The van der Waals surface area contributed by atoms with Gasteiger partial charge in [-0.2, -0.15) is 5.10 Å². The molecule has 0 atom stereocenters. The highest BCUT2D eigenvalue weighted by Gasteiger charge is 2.22. The van der Waals surface area contributed by atoms with Crippen LogP contribution in [-0.4, -0.2) is 22.4 Å². The lowest BCUT2D eigenvalue weighted by atomic mass is 10.3. The summed E-state index contributed by atoms with van der Waals surface area (Å²) in [6.45, 7) is 0.480. The second-order valence-electron chi connectivity index (χ2n) is 3.94. The van der Waals surface area contributed by atoms with Crippen LogP contribution in [0.1, 0.15) is 29.8 Å². The molecular weight excluding hydrogens is 194 g/mol. The van der Waals surface area contributed by atoms with Crippen LogP contribution in [0.2, 0.25) is 0 Å². The maximum atomic E-state index is 11.6. The molecule has 1 saturated carbocycles. The molecule has 1 aliphatic rings. The molecule has 5 nitrogen and oxygen atoms in total. The third kappa shape index (κ3) is 2.29. The summed E-state index contributed by atoms with van der Waals surface area (Å²) in [7, 11) is 1.67. The summed E-state index contributed by atoms with van der Waals surface area (Å²) in [5.41, 5.74) is 6.31. The molecule has 1 aliphatic carbocycles. The maximum absolute atomic E-state index is 11.6. The number of aryl methyl sites for hydroxylation is 1. The minimum Gasteiger partial charge on any atom is -0.461 e. The van der Waals surface area contributed by atoms with E-state index in [1.54, 1.807) is 7.05 Å². The zero-order chi connectivity index (χ0) is 10.8. The molecule has 0 unspecified atom stereocenters. The van der Waals surface area contributed by atoms with Crippen LogP contribution in [0.15, 0.2) is 6.20 Å². The van der Waals surface area contributed by atoms with Crippen LogP contribution in [0.5, 0.6) is 0 Å². The first-order chi connectivity index (χ1) is 7.18. The molecule has 0 radical (unpaired) electrons. The number of aromatic nitrogens is 2. The van der Waals surface area contributed by atoms with Crippen molar-refractivity contribution in [3.63, 3.8) is 0 Å². The molecule has 0 spiro atoms. The van der Waals surface area contributed by atoms with E-state index in [2.05, 4.69) is 5.10 Å². The van der Waals surface area contributed by atoms with E-state index >= 15 is 0 Å². The van der Waals surface area contributed by atoms with Gasteiger partial charge >= 0.3 is 5.97 Å². The number of ether oxygens (including phenoxy) is 1. The third-order valence-corrected chi connectivity index (χ3v) is 2.62. The first-order valence-corrected chi connectivity index (χ1v) is 5.13. The summed E-state index contributed by atoms with van der Waals surface area (Å²) in [4.78, 5) is 11.6. The van der Waals surface area contributed by atoms with E-state index < -0.39 is 0 Å². The number of nitrogen functional groups attached to an aromatic ring is 1. The average molecular weight is 209 g/mol. The van der Waals surface area contributed by atoms with Gasteiger partial charge in [-0.15, -0.1) is 0 Å². The minimum atomic E-state index is -0.381. The second kappa shape index (κ2) is 3.92. The van der Waals surface area contributed by atoms with Crippen molar-refractivity contribution >= 4 is 11.7 Å². The van der Waals surface area contributed by atoms with Crippen molar-refractivity contribution in [2.75, 3.05) is 12.3 Å². The van der Waals surface area contributed by atoms with Gasteiger partial charge < -0.3 is 10.5 Å². The van der Waals surface area contributed by atoms with Crippen LogP contribution < -0.4 is 5.73 Å². The number of nitrogens with two attached hydrogens (primary N) is 1. The lowest BCUT2D eigenvalue weighted by Gasteiger charge is -2.04. The van der Waals surface area contributed by atoms with E-state index in [9.17, 15) is 4.79 Å². The Balaban J connectivity index is 1.88. The summed E-state index contributed by atoms with van der Waals surface area (Å²) < 4.78 is 6.56. The summed E-state index contributed by atoms with van der Waals surface area (Å²) in [5, 5.41) is 3.88. The van der Waals surface area contributed by atoms with Crippen LogP contribution in [0.3, 0.4) is 0 Å². The Morgan fingerprint density at radius 3 is 3.00 bits per heavy atom. The van der Waals surface area contributed by atoms with Gasteiger partial charge in [0.2, 0.25) is 0 Å². The third-order valence-electron chi connectivity index (χ3n) is 2.62. The Morgan fingerprint density at radius 2 is 2.47 bits per heavy atom. The van der Waals surface area contributed by atoms with Crippen LogP contribution >= 0.6 is 0 Å². The summed E-state index contributed by atoms with van der Waals surface area (Å²) in [6, 6.07) is 0. The lowest BCUT2D eigenvalue weighted by molar-refractivity contribution is 0.0483.